The molecule has 7 rings (SSSR count). The molecule has 0 N–H and O–H groups in total. The van der Waals surface area contributed by atoms with Crippen LogP contribution in [0.25, 0.3) is 22.7 Å². The van der Waals surface area contributed by atoms with E-state index in [1.165, 1.54) is 22.7 Å². The third kappa shape index (κ3) is 5.14. The number of carbonyl (C=O) groups excluding carboxylic acids is 1. The Kier molecular flexibility index (Phi) is 7.59. The van der Waals surface area contributed by atoms with Gasteiger partial charge in [-0.3, -0.25) is 9.36 Å². The Bertz CT molecular complexity index is 2320. The molecule has 0 bridgehead atoms. The van der Waals surface area contributed by atoms with Crippen LogP contribution in [0.15, 0.2) is 118 Å². The van der Waals surface area contributed by atoms with Gasteiger partial charge in [0.25, 0.3) is 5.56 Å². The zero-order chi connectivity index (χ0) is 30.9. The van der Waals surface area contributed by atoms with Gasteiger partial charge in [-0.15, -0.1) is 11.3 Å². The topological polar surface area (TPSA) is 89.4 Å². The Morgan fingerprint density at radius 3 is 2.58 bits per heavy atom. The van der Waals surface area contributed by atoms with Crippen molar-refractivity contribution in [2.75, 3.05) is 6.61 Å². The molecule has 0 unspecified atom stereocenters. The highest BCUT2D eigenvalue weighted by molar-refractivity contribution is 7.10. The molecule has 6 aromatic rings. The lowest BCUT2D eigenvalue weighted by atomic mass is 9.97. The highest BCUT2D eigenvalue weighted by Gasteiger charge is 2.35. The van der Waals surface area contributed by atoms with E-state index in [0.29, 0.717) is 32.7 Å². The van der Waals surface area contributed by atoms with Gasteiger partial charge < -0.3 is 9.30 Å². The van der Waals surface area contributed by atoms with Crippen molar-refractivity contribution in [2.45, 2.75) is 19.5 Å². The van der Waals surface area contributed by atoms with Crippen molar-refractivity contribution < 1.29 is 9.53 Å². The molecule has 3 aromatic heterocycles. The number of para-hydroxylation sites is 1. The summed E-state index contributed by atoms with van der Waals surface area (Å²) >= 11 is 2.79. The number of esters is 1. The average Bonchev–Trinajstić information content (AvgIpc) is 3.80. The van der Waals surface area contributed by atoms with Gasteiger partial charge in [-0.2, -0.15) is 5.26 Å². The molecule has 220 valence electrons. The van der Waals surface area contributed by atoms with Crippen LogP contribution in [0, 0.1) is 11.3 Å². The van der Waals surface area contributed by atoms with E-state index in [-0.39, 0.29) is 12.2 Å². The fourth-order valence-electron chi connectivity index (χ4n) is 5.77. The van der Waals surface area contributed by atoms with Crippen LogP contribution in [0.2, 0.25) is 0 Å². The minimum Gasteiger partial charge on any atom is -0.463 e. The van der Waals surface area contributed by atoms with E-state index in [2.05, 4.69) is 10.6 Å². The van der Waals surface area contributed by atoms with E-state index < -0.39 is 12.0 Å². The maximum absolute atomic E-state index is 14.3. The molecule has 1 atom stereocenters. The summed E-state index contributed by atoms with van der Waals surface area (Å²) in [7, 11) is 0. The second-order valence-corrected chi connectivity index (χ2v) is 12.4. The first kappa shape index (κ1) is 28.5. The first-order valence-corrected chi connectivity index (χ1v) is 16.1. The van der Waals surface area contributed by atoms with Crippen LogP contribution in [0.1, 0.15) is 40.1 Å². The summed E-state index contributed by atoms with van der Waals surface area (Å²) < 4.78 is 9.78. The number of rotatable bonds is 7. The Labute approximate surface area is 266 Å². The van der Waals surface area contributed by atoms with Crippen LogP contribution in [0.3, 0.4) is 0 Å². The standard InChI is InChI=1S/C36H26N4O3S2/c1-2-43-35(42)31-32(23-11-4-3-5-12-23)38-36-40(33(31)29-17-10-18-44-29)34(41)30(45-36)19-26-22-39(28-16-9-8-15-27(26)28)21-25-14-7-6-13-24(25)20-37/h3-19,22,33H,2,21H2,1H3/b30-19+/t33-/m0/s1. The van der Waals surface area contributed by atoms with Crippen LogP contribution in [0.5, 0.6) is 0 Å². The van der Waals surface area contributed by atoms with Crippen LogP contribution < -0.4 is 14.9 Å². The van der Waals surface area contributed by atoms with E-state index in [0.717, 1.165) is 32.5 Å². The lowest BCUT2D eigenvalue weighted by molar-refractivity contribution is -0.138. The molecule has 0 amide bonds. The Morgan fingerprint density at radius 1 is 1.02 bits per heavy atom. The van der Waals surface area contributed by atoms with Crippen LogP contribution in [-0.2, 0) is 16.1 Å². The minimum absolute atomic E-state index is 0.203. The molecule has 0 saturated carbocycles. The number of ether oxygens (including phenoxy) is 1. The molecule has 1 aliphatic heterocycles. The molecule has 7 nitrogen and oxygen atoms in total. The number of nitriles is 1. The quantitative estimate of drug-likeness (QED) is 0.207. The molecule has 3 aromatic carbocycles. The van der Waals surface area contributed by atoms with Gasteiger partial charge in [-0.1, -0.05) is 84.1 Å². The number of benzene rings is 3. The molecule has 0 saturated heterocycles. The molecule has 0 radical (unpaired) electrons. The molecule has 45 heavy (non-hydrogen) atoms. The zero-order valence-electron chi connectivity index (χ0n) is 24.2. The summed E-state index contributed by atoms with van der Waals surface area (Å²) in [5.74, 6) is -0.492. The normalized spacial score (nSPS) is 14.7. The Hall–Kier alpha value is -5.30. The van der Waals surface area contributed by atoms with E-state index in [9.17, 15) is 14.9 Å². The summed E-state index contributed by atoms with van der Waals surface area (Å²) in [4.78, 5) is 34.2. The van der Waals surface area contributed by atoms with Gasteiger partial charge in [0.05, 0.1) is 34.0 Å². The second kappa shape index (κ2) is 12.0. The van der Waals surface area contributed by atoms with Gasteiger partial charge in [-0.25, -0.2) is 9.79 Å². The van der Waals surface area contributed by atoms with Crippen molar-refractivity contribution in [1.82, 2.24) is 9.13 Å². The molecule has 4 heterocycles. The van der Waals surface area contributed by atoms with Gasteiger partial charge in [0.1, 0.15) is 6.04 Å². The fourth-order valence-corrected chi connectivity index (χ4v) is 7.58. The third-order valence-corrected chi connectivity index (χ3v) is 9.68. The van der Waals surface area contributed by atoms with Gasteiger partial charge in [0.15, 0.2) is 4.80 Å². The lowest BCUT2D eigenvalue weighted by Gasteiger charge is -2.24. The molecule has 0 fully saturated rings. The number of thiazole rings is 1. The summed E-state index contributed by atoms with van der Waals surface area (Å²) in [6.45, 7) is 2.49. The molecule has 1 aliphatic rings. The third-order valence-electron chi connectivity index (χ3n) is 7.77. The van der Waals surface area contributed by atoms with Crippen LogP contribution in [-0.4, -0.2) is 21.7 Å². The Morgan fingerprint density at radius 2 is 1.80 bits per heavy atom. The van der Waals surface area contributed by atoms with Crippen molar-refractivity contribution in [3.63, 3.8) is 0 Å². The summed E-state index contributed by atoms with van der Waals surface area (Å²) in [5, 5.41) is 12.6. The predicted molar refractivity (Wildman–Crippen MR) is 178 cm³/mol. The molecule has 0 spiro atoms. The molecular weight excluding hydrogens is 601 g/mol. The highest BCUT2D eigenvalue weighted by atomic mass is 32.1. The first-order valence-electron chi connectivity index (χ1n) is 14.4. The van der Waals surface area contributed by atoms with Crippen molar-refractivity contribution in [3.05, 3.63) is 155 Å². The van der Waals surface area contributed by atoms with Gasteiger partial charge in [0.2, 0.25) is 0 Å². The van der Waals surface area contributed by atoms with Crippen LogP contribution >= 0.6 is 22.7 Å². The first-order chi connectivity index (χ1) is 22.1. The van der Waals surface area contributed by atoms with Gasteiger partial charge in [-0.05, 0) is 42.1 Å². The number of hydrogen-bond acceptors (Lipinski definition) is 7. The summed E-state index contributed by atoms with van der Waals surface area (Å²) in [6, 6.07) is 30.6. The van der Waals surface area contributed by atoms with Gasteiger partial charge >= 0.3 is 5.97 Å². The zero-order valence-corrected chi connectivity index (χ0v) is 25.8. The fraction of sp³-hybridized carbons (Fsp3) is 0.111. The number of fused-ring (bicyclic) bond motifs is 2. The number of thiophene rings is 1. The van der Waals surface area contributed by atoms with Crippen molar-refractivity contribution >= 4 is 51.3 Å². The summed E-state index contributed by atoms with van der Waals surface area (Å²) in [6.07, 6.45) is 3.92. The minimum atomic E-state index is -0.679. The van der Waals surface area contributed by atoms with Crippen molar-refractivity contribution in [3.8, 4) is 6.07 Å². The number of carbonyl (C=O) groups is 1. The monoisotopic (exact) mass is 626 g/mol. The van der Waals surface area contributed by atoms with Gasteiger partial charge in [0, 0.05) is 39.6 Å². The number of nitrogens with zero attached hydrogens (tertiary/aromatic N) is 4. The maximum Gasteiger partial charge on any atom is 0.338 e. The SMILES string of the molecule is CCOC(=O)C1=C(c2ccccc2)N=c2s/c(=C/c3cn(Cc4ccccc4C#N)c4ccccc34)c(=O)n2[C@H]1c1cccs1. The second-order valence-electron chi connectivity index (χ2n) is 10.4. The molecular formula is C36H26N4O3S2. The Balaban J connectivity index is 1.43. The lowest BCUT2D eigenvalue weighted by Crippen LogP contribution is -2.39. The van der Waals surface area contributed by atoms with Crippen LogP contribution in [0.4, 0.5) is 0 Å². The van der Waals surface area contributed by atoms with E-state index in [4.69, 9.17) is 9.73 Å². The highest BCUT2D eigenvalue weighted by Crippen LogP contribution is 2.37. The molecule has 0 aliphatic carbocycles. The number of aromatic nitrogens is 2. The maximum atomic E-state index is 14.3. The predicted octanol–water partition coefficient (Wildman–Crippen LogP) is 5.87. The number of hydrogen-bond donors (Lipinski definition) is 0. The van der Waals surface area contributed by atoms with E-state index >= 15 is 0 Å². The summed E-state index contributed by atoms with van der Waals surface area (Å²) in [5.41, 5.74) is 4.83. The van der Waals surface area contributed by atoms with Crippen molar-refractivity contribution in [1.29, 1.82) is 5.26 Å². The van der Waals surface area contributed by atoms with E-state index in [1.54, 1.807) is 11.5 Å². The average molecular weight is 627 g/mol. The molecule has 9 heteroatoms. The smallest absolute Gasteiger partial charge is 0.338 e. The van der Waals surface area contributed by atoms with Crippen molar-refractivity contribution in [2.24, 2.45) is 4.99 Å². The van der Waals surface area contributed by atoms with E-state index in [1.807, 2.05) is 109 Å². The largest absolute Gasteiger partial charge is 0.463 e.